The molecule has 0 radical (unpaired) electrons. The van der Waals surface area contributed by atoms with Crippen molar-refractivity contribution >= 4 is 26.7 Å². The minimum atomic E-state index is -3.91. The molecular weight excluding hydrogens is 386 g/mol. The van der Waals surface area contributed by atoms with E-state index in [1.165, 1.54) is 11.0 Å². The van der Waals surface area contributed by atoms with Gasteiger partial charge in [-0.3, -0.25) is 4.79 Å². The first-order chi connectivity index (χ1) is 13.8. The Morgan fingerprint density at radius 3 is 2.31 bits per heavy atom. The highest BCUT2D eigenvalue weighted by Crippen LogP contribution is 2.20. The Hall–Kier alpha value is -3.21. The molecule has 0 saturated heterocycles. The Balaban J connectivity index is 1.90. The van der Waals surface area contributed by atoms with E-state index in [0.717, 1.165) is 16.3 Å². The van der Waals surface area contributed by atoms with Crippen molar-refractivity contribution in [3.05, 3.63) is 77.9 Å². The lowest BCUT2D eigenvalue weighted by molar-refractivity contribution is -0.130. The SMILES string of the molecule is CN(C)C(=O)C(Cc1ccc(C#N)cc1)NS(=O)(=O)c1ccc2ccccc2c1. The van der Waals surface area contributed by atoms with Gasteiger partial charge in [-0.2, -0.15) is 9.98 Å². The van der Waals surface area contributed by atoms with Crippen molar-refractivity contribution in [2.75, 3.05) is 14.1 Å². The molecule has 0 fully saturated rings. The van der Waals surface area contributed by atoms with E-state index in [0.29, 0.717) is 5.56 Å². The van der Waals surface area contributed by atoms with Crippen LogP contribution in [0.15, 0.2) is 71.6 Å². The summed E-state index contributed by atoms with van der Waals surface area (Å²) < 4.78 is 28.5. The summed E-state index contributed by atoms with van der Waals surface area (Å²) in [6.45, 7) is 0. The van der Waals surface area contributed by atoms with E-state index in [9.17, 15) is 13.2 Å². The van der Waals surface area contributed by atoms with Gasteiger partial charge in [0.05, 0.1) is 16.5 Å². The highest BCUT2D eigenvalue weighted by molar-refractivity contribution is 7.89. The Bertz CT molecular complexity index is 1180. The number of hydrogen-bond donors (Lipinski definition) is 1. The van der Waals surface area contributed by atoms with Gasteiger partial charge >= 0.3 is 0 Å². The van der Waals surface area contributed by atoms with E-state index in [2.05, 4.69) is 4.72 Å². The van der Waals surface area contributed by atoms with Gasteiger partial charge in [-0.1, -0.05) is 42.5 Å². The van der Waals surface area contributed by atoms with Gasteiger partial charge in [-0.05, 0) is 47.0 Å². The third-order valence-electron chi connectivity index (χ3n) is 4.59. The van der Waals surface area contributed by atoms with Crippen molar-refractivity contribution in [3.63, 3.8) is 0 Å². The summed E-state index contributed by atoms with van der Waals surface area (Å²) in [5.41, 5.74) is 1.26. The van der Waals surface area contributed by atoms with Crippen LogP contribution >= 0.6 is 0 Å². The van der Waals surface area contributed by atoms with Gasteiger partial charge in [0, 0.05) is 14.1 Å². The standard InChI is InChI=1S/C22H21N3O3S/c1-25(2)22(26)21(13-16-7-9-17(15-23)10-8-16)24-29(27,28)20-12-11-18-5-3-4-6-19(18)14-20/h3-12,14,21,24H,13H2,1-2H3. The summed E-state index contributed by atoms with van der Waals surface area (Å²) in [5, 5.41) is 10.7. The topological polar surface area (TPSA) is 90.3 Å². The van der Waals surface area contributed by atoms with Gasteiger partial charge in [0.25, 0.3) is 0 Å². The van der Waals surface area contributed by atoms with Gasteiger partial charge in [0.15, 0.2) is 0 Å². The maximum atomic E-state index is 13.0. The molecule has 1 atom stereocenters. The van der Waals surface area contributed by atoms with Crippen LogP contribution in [0.5, 0.6) is 0 Å². The Kier molecular flexibility index (Phi) is 5.97. The third kappa shape index (κ3) is 4.80. The molecule has 0 saturated carbocycles. The van der Waals surface area contributed by atoms with Crippen LogP contribution in [0, 0.1) is 11.3 Å². The number of hydrogen-bond acceptors (Lipinski definition) is 4. The van der Waals surface area contributed by atoms with E-state index < -0.39 is 16.1 Å². The average Bonchev–Trinajstić information content (AvgIpc) is 2.72. The predicted molar refractivity (Wildman–Crippen MR) is 112 cm³/mol. The second kappa shape index (κ2) is 8.43. The summed E-state index contributed by atoms with van der Waals surface area (Å²) >= 11 is 0. The lowest BCUT2D eigenvalue weighted by Crippen LogP contribution is -2.47. The van der Waals surface area contributed by atoms with Gasteiger partial charge in [-0.15, -0.1) is 0 Å². The van der Waals surface area contributed by atoms with Gasteiger partial charge in [-0.25, -0.2) is 8.42 Å². The number of sulfonamides is 1. The van der Waals surface area contributed by atoms with Crippen molar-refractivity contribution < 1.29 is 13.2 Å². The van der Waals surface area contributed by atoms with Crippen molar-refractivity contribution in [2.45, 2.75) is 17.4 Å². The van der Waals surface area contributed by atoms with Gasteiger partial charge in [0.2, 0.25) is 15.9 Å². The summed E-state index contributed by atoms with van der Waals surface area (Å²) in [6.07, 6.45) is 0.176. The van der Waals surface area contributed by atoms with Crippen LogP contribution in [0.3, 0.4) is 0 Å². The minimum absolute atomic E-state index is 0.104. The predicted octanol–water partition coefficient (Wildman–Crippen LogP) is 2.69. The summed E-state index contributed by atoms with van der Waals surface area (Å²) in [5.74, 6) is -0.348. The molecule has 0 aliphatic rings. The monoisotopic (exact) mass is 407 g/mol. The number of nitrogens with one attached hydrogen (secondary N) is 1. The number of nitrogens with zero attached hydrogens (tertiary/aromatic N) is 2. The smallest absolute Gasteiger partial charge is 0.241 e. The highest BCUT2D eigenvalue weighted by Gasteiger charge is 2.27. The van der Waals surface area contributed by atoms with E-state index in [-0.39, 0.29) is 17.2 Å². The lowest BCUT2D eigenvalue weighted by atomic mass is 10.0. The molecule has 29 heavy (non-hydrogen) atoms. The molecule has 0 aliphatic carbocycles. The molecule has 148 valence electrons. The number of carbonyl (C=O) groups is 1. The molecule has 1 amide bonds. The van der Waals surface area contributed by atoms with Gasteiger partial charge in [0.1, 0.15) is 6.04 Å². The Morgan fingerprint density at radius 1 is 1.03 bits per heavy atom. The number of fused-ring (bicyclic) bond motifs is 1. The minimum Gasteiger partial charge on any atom is -0.347 e. The lowest BCUT2D eigenvalue weighted by Gasteiger charge is -2.22. The Labute approximate surface area is 170 Å². The van der Waals surface area contributed by atoms with E-state index in [1.54, 1.807) is 50.5 Å². The molecular formula is C22H21N3O3S. The van der Waals surface area contributed by atoms with Crippen molar-refractivity contribution in [1.29, 1.82) is 5.26 Å². The summed E-state index contributed by atoms with van der Waals surface area (Å²) in [4.78, 5) is 14.1. The molecule has 6 nitrogen and oxygen atoms in total. The first-order valence-corrected chi connectivity index (χ1v) is 10.5. The number of rotatable bonds is 6. The summed E-state index contributed by atoms with van der Waals surface area (Å²) in [6, 6.07) is 20.1. The normalized spacial score (nSPS) is 12.3. The molecule has 0 bridgehead atoms. The zero-order valence-electron chi connectivity index (χ0n) is 16.2. The Morgan fingerprint density at radius 2 is 1.69 bits per heavy atom. The molecule has 3 aromatic carbocycles. The van der Waals surface area contributed by atoms with Crippen LogP contribution in [0.25, 0.3) is 10.8 Å². The fourth-order valence-corrected chi connectivity index (χ4v) is 4.26. The number of likely N-dealkylation sites (N-methyl/N-ethyl adjacent to an activating group) is 1. The highest BCUT2D eigenvalue weighted by atomic mass is 32.2. The zero-order chi connectivity index (χ0) is 21.0. The fraction of sp³-hybridized carbons (Fsp3) is 0.182. The van der Waals surface area contributed by atoms with E-state index >= 15 is 0 Å². The van der Waals surface area contributed by atoms with Crippen molar-refractivity contribution in [3.8, 4) is 6.07 Å². The van der Waals surface area contributed by atoms with Crippen LogP contribution in [0.4, 0.5) is 0 Å². The van der Waals surface area contributed by atoms with Gasteiger partial charge < -0.3 is 4.90 Å². The van der Waals surface area contributed by atoms with E-state index in [4.69, 9.17) is 5.26 Å². The van der Waals surface area contributed by atoms with Crippen LogP contribution in [-0.4, -0.2) is 39.4 Å². The molecule has 0 aliphatic heterocycles. The van der Waals surface area contributed by atoms with Crippen molar-refractivity contribution in [1.82, 2.24) is 9.62 Å². The zero-order valence-corrected chi connectivity index (χ0v) is 17.0. The quantitative estimate of drug-likeness (QED) is 0.680. The van der Waals surface area contributed by atoms with Crippen LogP contribution in [0.2, 0.25) is 0 Å². The number of amides is 1. The first kappa shape index (κ1) is 20.5. The maximum absolute atomic E-state index is 13.0. The molecule has 7 heteroatoms. The third-order valence-corrected chi connectivity index (χ3v) is 6.06. The van der Waals surface area contributed by atoms with Crippen molar-refractivity contribution in [2.24, 2.45) is 0 Å². The number of carbonyl (C=O) groups excluding carboxylic acids is 1. The number of benzene rings is 3. The second-order valence-corrected chi connectivity index (χ2v) is 8.64. The average molecular weight is 407 g/mol. The second-order valence-electron chi connectivity index (χ2n) is 6.93. The summed E-state index contributed by atoms with van der Waals surface area (Å²) in [7, 11) is -0.749. The maximum Gasteiger partial charge on any atom is 0.241 e. The van der Waals surface area contributed by atoms with Crippen LogP contribution in [0.1, 0.15) is 11.1 Å². The molecule has 3 rings (SSSR count). The fourth-order valence-electron chi connectivity index (χ4n) is 3.03. The first-order valence-electron chi connectivity index (χ1n) is 9.01. The van der Waals surface area contributed by atoms with Crippen LogP contribution in [-0.2, 0) is 21.2 Å². The van der Waals surface area contributed by atoms with Crippen LogP contribution < -0.4 is 4.72 Å². The number of nitriles is 1. The molecule has 0 heterocycles. The molecule has 0 aromatic heterocycles. The molecule has 0 spiro atoms. The molecule has 1 N–H and O–H groups in total. The van der Waals surface area contributed by atoms with E-state index in [1.807, 2.05) is 30.3 Å². The molecule has 3 aromatic rings. The largest absolute Gasteiger partial charge is 0.347 e. The molecule has 1 unspecified atom stereocenters.